The Morgan fingerprint density at radius 2 is 1.70 bits per heavy atom. The molecule has 9 nitrogen and oxygen atoms in total. The normalized spacial score (nSPS) is 25.8. The Hall–Kier alpha value is -3.10. The number of imide groups is 1. The molecule has 3 heterocycles. The van der Waals surface area contributed by atoms with Gasteiger partial charge >= 0.3 is 6.03 Å². The van der Waals surface area contributed by atoms with Crippen molar-refractivity contribution in [3.05, 3.63) is 29.8 Å². The van der Waals surface area contributed by atoms with Gasteiger partial charge in [-0.2, -0.15) is 0 Å². The monoisotopic (exact) mass is 456 g/mol. The van der Waals surface area contributed by atoms with Gasteiger partial charge in [0.05, 0.1) is 13.0 Å². The molecule has 0 radical (unpaired) electrons. The van der Waals surface area contributed by atoms with Crippen molar-refractivity contribution >= 4 is 23.8 Å². The summed E-state index contributed by atoms with van der Waals surface area (Å²) in [7, 11) is 1.55. The van der Waals surface area contributed by atoms with E-state index in [9.17, 15) is 19.2 Å². The van der Waals surface area contributed by atoms with Gasteiger partial charge in [0.25, 0.3) is 5.91 Å². The molecule has 5 amide bonds. The van der Waals surface area contributed by atoms with Crippen LogP contribution in [0.4, 0.5) is 4.79 Å². The first-order valence-electron chi connectivity index (χ1n) is 11.7. The second-order valence-electron chi connectivity index (χ2n) is 9.24. The van der Waals surface area contributed by atoms with Crippen molar-refractivity contribution in [2.75, 3.05) is 39.8 Å². The molecule has 1 aromatic rings. The van der Waals surface area contributed by atoms with Crippen LogP contribution in [0, 0.1) is 5.92 Å². The molecule has 3 aliphatic heterocycles. The minimum Gasteiger partial charge on any atom is -0.497 e. The van der Waals surface area contributed by atoms with Gasteiger partial charge in [-0.25, -0.2) is 4.79 Å². The average Bonchev–Trinajstić information content (AvgIpc) is 3.08. The fourth-order valence-electron chi connectivity index (χ4n) is 4.97. The number of amides is 5. The number of rotatable bonds is 5. The van der Waals surface area contributed by atoms with E-state index in [1.54, 1.807) is 43.2 Å². The van der Waals surface area contributed by atoms with E-state index in [1.807, 2.05) is 4.90 Å². The zero-order chi connectivity index (χ0) is 23.6. The third kappa shape index (κ3) is 4.54. The maximum atomic E-state index is 13.2. The summed E-state index contributed by atoms with van der Waals surface area (Å²) in [6.45, 7) is 3.75. The topological polar surface area (TPSA) is 99.3 Å². The van der Waals surface area contributed by atoms with Gasteiger partial charge in [-0.15, -0.1) is 0 Å². The summed E-state index contributed by atoms with van der Waals surface area (Å²) in [5, 5.41) is 2.73. The lowest BCUT2D eigenvalue weighted by atomic mass is 9.92. The molecule has 3 aliphatic rings. The van der Waals surface area contributed by atoms with Gasteiger partial charge in [-0.3, -0.25) is 19.3 Å². The molecule has 9 heteroatoms. The number of hydrogen-bond acceptors (Lipinski definition) is 5. The van der Waals surface area contributed by atoms with E-state index in [1.165, 1.54) is 0 Å². The SMILES string of the molecule is COc1ccc([C@@]2(C)NC(=O)N(CC(=O)N3CCC[C@H](C(=O)N4CCCCC4)C3)C2=O)cc1. The fraction of sp³-hybridized carbons (Fsp3) is 0.583. The third-order valence-electron chi connectivity index (χ3n) is 7.03. The summed E-state index contributed by atoms with van der Waals surface area (Å²) in [6.07, 6.45) is 4.71. The van der Waals surface area contributed by atoms with Crippen LogP contribution in [0.5, 0.6) is 5.75 Å². The van der Waals surface area contributed by atoms with Gasteiger partial charge < -0.3 is 19.9 Å². The molecule has 0 bridgehead atoms. The molecule has 3 fully saturated rings. The Morgan fingerprint density at radius 1 is 1.03 bits per heavy atom. The second-order valence-corrected chi connectivity index (χ2v) is 9.24. The number of benzene rings is 1. The van der Waals surface area contributed by atoms with Crippen LogP contribution in [-0.4, -0.2) is 78.3 Å². The second kappa shape index (κ2) is 9.41. The number of piperidine rings is 2. The summed E-state index contributed by atoms with van der Waals surface area (Å²) in [4.78, 5) is 56.3. The van der Waals surface area contributed by atoms with Crippen LogP contribution in [0.1, 0.15) is 44.6 Å². The lowest BCUT2D eigenvalue weighted by molar-refractivity contribution is -0.144. The summed E-state index contributed by atoms with van der Waals surface area (Å²) >= 11 is 0. The smallest absolute Gasteiger partial charge is 0.325 e. The largest absolute Gasteiger partial charge is 0.497 e. The molecule has 2 atom stereocenters. The predicted molar refractivity (Wildman–Crippen MR) is 120 cm³/mol. The van der Waals surface area contributed by atoms with Gasteiger partial charge in [0.1, 0.15) is 17.8 Å². The number of nitrogens with zero attached hydrogens (tertiary/aromatic N) is 3. The lowest BCUT2D eigenvalue weighted by Gasteiger charge is -2.36. The van der Waals surface area contributed by atoms with Crippen molar-refractivity contribution in [1.29, 1.82) is 0 Å². The van der Waals surface area contributed by atoms with Crippen molar-refractivity contribution in [2.24, 2.45) is 5.92 Å². The molecule has 33 heavy (non-hydrogen) atoms. The molecular formula is C24H32N4O5. The zero-order valence-electron chi connectivity index (χ0n) is 19.3. The van der Waals surface area contributed by atoms with Gasteiger partial charge in [-0.1, -0.05) is 12.1 Å². The molecule has 4 rings (SSSR count). The molecular weight excluding hydrogens is 424 g/mol. The number of nitrogens with one attached hydrogen (secondary N) is 1. The first kappa shape index (κ1) is 23.1. The fourth-order valence-corrected chi connectivity index (χ4v) is 4.97. The number of hydrogen-bond donors (Lipinski definition) is 1. The van der Waals surface area contributed by atoms with Gasteiger partial charge in [0, 0.05) is 26.2 Å². The Morgan fingerprint density at radius 3 is 2.36 bits per heavy atom. The molecule has 0 saturated carbocycles. The maximum Gasteiger partial charge on any atom is 0.325 e. The molecule has 0 aromatic heterocycles. The quantitative estimate of drug-likeness (QED) is 0.680. The van der Waals surface area contributed by atoms with Crippen LogP contribution < -0.4 is 10.1 Å². The number of ether oxygens (including phenoxy) is 1. The van der Waals surface area contributed by atoms with Gasteiger partial charge in [-0.05, 0) is 56.7 Å². The zero-order valence-corrected chi connectivity index (χ0v) is 19.3. The molecule has 3 saturated heterocycles. The number of carbonyl (C=O) groups excluding carboxylic acids is 4. The summed E-state index contributed by atoms with van der Waals surface area (Å²) in [6, 6.07) is 6.31. The van der Waals surface area contributed by atoms with E-state index in [2.05, 4.69) is 5.32 Å². The molecule has 178 valence electrons. The third-order valence-corrected chi connectivity index (χ3v) is 7.03. The van der Waals surface area contributed by atoms with Crippen LogP contribution in [0.3, 0.4) is 0 Å². The molecule has 0 spiro atoms. The van der Waals surface area contributed by atoms with Crippen LogP contribution in [0.2, 0.25) is 0 Å². The highest BCUT2D eigenvalue weighted by molar-refractivity contribution is 6.09. The van der Waals surface area contributed by atoms with Crippen molar-refractivity contribution in [2.45, 2.75) is 44.6 Å². The van der Waals surface area contributed by atoms with Crippen LogP contribution in [-0.2, 0) is 19.9 Å². The lowest BCUT2D eigenvalue weighted by Crippen LogP contribution is -2.50. The molecule has 1 N–H and O–H groups in total. The van der Waals surface area contributed by atoms with E-state index >= 15 is 0 Å². The van der Waals surface area contributed by atoms with Gasteiger partial charge in [0.2, 0.25) is 11.8 Å². The average molecular weight is 457 g/mol. The van der Waals surface area contributed by atoms with E-state index < -0.39 is 17.5 Å². The first-order chi connectivity index (χ1) is 15.8. The van der Waals surface area contributed by atoms with E-state index in [0.717, 1.165) is 50.1 Å². The molecule has 1 aromatic carbocycles. The van der Waals surface area contributed by atoms with E-state index in [-0.39, 0.29) is 24.3 Å². The Labute approximate surface area is 194 Å². The highest BCUT2D eigenvalue weighted by Gasteiger charge is 2.50. The molecule has 0 unspecified atom stereocenters. The Bertz CT molecular complexity index is 927. The van der Waals surface area contributed by atoms with E-state index in [0.29, 0.717) is 24.4 Å². The summed E-state index contributed by atoms with van der Waals surface area (Å²) < 4.78 is 5.16. The van der Waals surface area contributed by atoms with Crippen molar-refractivity contribution in [3.8, 4) is 5.75 Å². The Kier molecular flexibility index (Phi) is 6.58. The van der Waals surface area contributed by atoms with Crippen LogP contribution >= 0.6 is 0 Å². The van der Waals surface area contributed by atoms with Crippen molar-refractivity contribution in [3.63, 3.8) is 0 Å². The Balaban J connectivity index is 1.40. The number of urea groups is 1. The summed E-state index contributed by atoms with van der Waals surface area (Å²) in [5.74, 6) is -0.231. The molecule has 0 aliphatic carbocycles. The summed E-state index contributed by atoms with van der Waals surface area (Å²) in [5.41, 5.74) is -0.639. The van der Waals surface area contributed by atoms with E-state index in [4.69, 9.17) is 4.74 Å². The van der Waals surface area contributed by atoms with Gasteiger partial charge in [0.15, 0.2) is 0 Å². The predicted octanol–water partition coefficient (Wildman–Crippen LogP) is 1.71. The number of likely N-dealkylation sites (tertiary alicyclic amines) is 2. The van der Waals surface area contributed by atoms with Crippen LogP contribution in [0.15, 0.2) is 24.3 Å². The number of carbonyl (C=O) groups is 4. The standard InChI is InChI=1S/C24H32N4O5/c1-24(18-8-10-19(33-2)11-9-18)22(31)28(23(32)25-24)16-20(29)27-14-6-7-17(15-27)21(30)26-12-4-3-5-13-26/h8-11,17H,3-7,12-16H2,1-2H3,(H,25,32)/t17-,24+/m0/s1. The minimum absolute atomic E-state index is 0.120. The highest BCUT2D eigenvalue weighted by Crippen LogP contribution is 2.30. The minimum atomic E-state index is -1.25. The number of methoxy groups -OCH3 is 1. The first-order valence-corrected chi connectivity index (χ1v) is 11.7. The van der Waals surface area contributed by atoms with Crippen molar-refractivity contribution in [1.82, 2.24) is 20.0 Å². The van der Waals surface area contributed by atoms with Crippen molar-refractivity contribution < 1.29 is 23.9 Å². The van der Waals surface area contributed by atoms with Crippen LogP contribution in [0.25, 0.3) is 0 Å². The highest BCUT2D eigenvalue weighted by atomic mass is 16.5. The maximum absolute atomic E-state index is 13.2.